The van der Waals surface area contributed by atoms with E-state index in [0.29, 0.717) is 6.04 Å². The van der Waals surface area contributed by atoms with Gasteiger partial charge in [-0.3, -0.25) is 0 Å². The highest BCUT2D eigenvalue weighted by Gasteiger charge is 2.15. The van der Waals surface area contributed by atoms with Crippen LogP contribution in [0.3, 0.4) is 0 Å². The lowest BCUT2D eigenvalue weighted by atomic mass is 9.96. The van der Waals surface area contributed by atoms with Crippen LogP contribution in [0.4, 0.5) is 17.5 Å². The number of fused-ring (bicyclic) bond motifs is 1. The molecule has 0 bridgehead atoms. The summed E-state index contributed by atoms with van der Waals surface area (Å²) in [6.07, 6.45) is 6.34. The van der Waals surface area contributed by atoms with E-state index in [1.807, 2.05) is 48.5 Å². The minimum absolute atomic E-state index is 0.490. The van der Waals surface area contributed by atoms with Crippen molar-refractivity contribution >= 4 is 28.4 Å². The third kappa shape index (κ3) is 3.32. The zero-order valence-corrected chi connectivity index (χ0v) is 13.7. The summed E-state index contributed by atoms with van der Waals surface area (Å²) in [6, 6.07) is 18.8. The molecule has 0 aliphatic heterocycles. The highest BCUT2D eigenvalue weighted by molar-refractivity contribution is 5.91. The van der Waals surface area contributed by atoms with Gasteiger partial charge in [-0.2, -0.15) is 4.98 Å². The van der Waals surface area contributed by atoms with E-state index in [4.69, 9.17) is 9.97 Å². The largest absolute Gasteiger partial charge is 0.351 e. The average Bonchev–Trinajstić information content (AvgIpc) is 2.63. The Morgan fingerprint density at radius 2 is 1.54 bits per heavy atom. The van der Waals surface area contributed by atoms with Gasteiger partial charge in [0.05, 0.1) is 5.52 Å². The molecule has 2 aromatic carbocycles. The zero-order chi connectivity index (χ0) is 16.2. The Bertz CT molecular complexity index is 810. The lowest BCUT2D eigenvalue weighted by Crippen LogP contribution is -2.23. The fourth-order valence-corrected chi connectivity index (χ4v) is 3.32. The van der Waals surface area contributed by atoms with Gasteiger partial charge < -0.3 is 10.6 Å². The molecule has 4 heteroatoms. The maximum Gasteiger partial charge on any atom is 0.225 e. The lowest BCUT2D eigenvalue weighted by molar-refractivity contribution is 0.461. The van der Waals surface area contributed by atoms with Gasteiger partial charge in [0.2, 0.25) is 5.95 Å². The molecule has 0 saturated heterocycles. The quantitative estimate of drug-likeness (QED) is 0.701. The number of benzene rings is 2. The molecule has 4 rings (SSSR count). The number of rotatable bonds is 4. The summed E-state index contributed by atoms with van der Waals surface area (Å²) in [5.74, 6) is 1.57. The predicted molar refractivity (Wildman–Crippen MR) is 99.8 cm³/mol. The van der Waals surface area contributed by atoms with Gasteiger partial charge in [0.1, 0.15) is 5.82 Å². The predicted octanol–water partition coefficient (Wildman–Crippen LogP) is 5.12. The molecule has 1 saturated carbocycles. The smallest absolute Gasteiger partial charge is 0.225 e. The van der Waals surface area contributed by atoms with Gasteiger partial charge in [0.25, 0.3) is 0 Å². The number of hydrogen-bond acceptors (Lipinski definition) is 4. The standard InChI is InChI=1S/C20H22N4/c1-3-9-15(10-4-1)21-19-17-13-7-8-14-18(17)23-20(24-19)22-16-11-5-2-6-12-16/h1,3-4,7-10,13-14,16H,2,5-6,11-12H2,(H2,21,22,23,24). The molecule has 1 aliphatic rings. The van der Waals surface area contributed by atoms with Gasteiger partial charge >= 0.3 is 0 Å². The molecule has 0 amide bonds. The van der Waals surface area contributed by atoms with Crippen molar-refractivity contribution in [3.05, 3.63) is 54.6 Å². The first-order chi connectivity index (χ1) is 11.9. The Morgan fingerprint density at radius 1 is 0.792 bits per heavy atom. The van der Waals surface area contributed by atoms with E-state index in [0.717, 1.165) is 28.4 Å². The molecule has 0 atom stereocenters. The minimum Gasteiger partial charge on any atom is -0.351 e. The van der Waals surface area contributed by atoms with E-state index in [2.05, 4.69) is 16.7 Å². The van der Waals surface area contributed by atoms with Crippen LogP contribution in [0.25, 0.3) is 10.9 Å². The Kier molecular flexibility index (Phi) is 4.28. The van der Waals surface area contributed by atoms with E-state index in [1.165, 1.54) is 32.1 Å². The average molecular weight is 318 g/mol. The molecule has 1 fully saturated rings. The van der Waals surface area contributed by atoms with E-state index < -0.39 is 0 Å². The van der Waals surface area contributed by atoms with Crippen LogP contribution >= 0.6 is 0 Å². The Hall–Kier alpha value is -2.62. The fourth-order valence-electron chi connectivity index (χ4n) is 3.32. The van der Waals surface area contributed by atoms with Crippen LogP contribution in [0.1, 0.15) is 32.1 Å². The highest BCUT2D eigenvalue weighted by atomic mass is 15.2. The summed E-state index contributed by atoms with van der Waals surface area (Å²) < 4.78 is 0. The monoisotopic (exact) mass is 318 g/mol. The molecule has 4 nitrogen and oxygen atoms in total. The van der Waals surface area contributed by atoms with Gasteiger partial charge in [0.15, 0.2) is 0 Å². The number of aromatic nitrogens is 2. The van der Waals surface area contributed by atoms with Gasteiger partial charge in [0, 0.05) is 17.1 Å². The molecule has 2 N–H and O–H groups in total. The van der Waals surface area contributed by atoms with Crippen molar-refractivity contribution in [3.8, 4) is 0 Å². The van der Waals surface area contributed by atoms with Crippen molar-refractivity contribution in [1.82, 2.24) is 9.97 Å². The molecule has 1 heterocycles. The molecule has 3 aromatic rings. The van der Waals surface area contributed by atoms with Crippen molar-refractivity contribution < 1.29 is 0 Å². The fraction of sp³-hybridized carbons (Fsp3) is 0.300. The first-order valence-electron chi connectivity index (χ1n) is 8.74. The normalized spacial score (nSPS) is 15.3. The van der Waals surface area contributed by atoms with Crippen molar-refractivity contribution in [1.29, 1.82) is 0 Å². The molecule has 1 aromatic heterocycles. The molecule has 0 unspecified atom stereocenters. The summed E-state index contributed by atoms with van der Waals surface area (Å²) in [4.78, 5) is 9.47. The third-order valence-corrected chi connectivity index (χ3v) is 4.58. The number of hydrogen-bond donors (Lipinski definition) is 2. The van der Waals surface area contributed by atoms with Crippen molar-refractivity contribution in [2.45, 2.75) is 38.1 Å². The highest BCUT2D eigenvalue weighted by Crippen LogP contribution is 2.26. The van der Waals surface area contributed by atoms with Gasteiger partial charge in [-0.15, -0.1) is 0 Å². The molecule has 24 heavy (non-hydrogen) atoms. The van der Waals surface area contributed by atoms with Crippen LogP contribution in [-0.2, 0) is 0 Å². The van der Waals surface area contributed by atoms with Crippen molar-refractivity contribution in [2.75, 3.05) is 10.6 Å². The first kappa shape index (κ1) is 14.9. The number of para-hydroxylation sites is 2. The van der Waals surface area contributed by atoms with E-state index in [9.17, 15) is 0 Å². The van der Waals surface area contributed by atoms with E-state index in [1.54, 1.807) is 0 Å². The topological polar surface area (TPSA) is 49.8 Å². The van der Waals surface area contributed by atoms with Gasteiger partial charge in [-0.05, 0) is 37.1 Å². The van der Waals surface area contributed by atoms with Crippen LogP contribution < -0.4 is 10.6 Å². The molecule has 0 spiro atoms. The van der Waals surface area contributed by atoms with Crippen LogP contribution in [0.15, 0.2) is 54.6 Å². The SMILES string of the molecule is c1ccc(Nc2nc(NC3CCCCC3)nc3ccccc23)cc1. The van der Waals surface area contributed by atoms with Crippen LogP contribution in [0.2, 0.25) is 0 Å². The van der Waals surface area contributed by atoms with Gasteiger partial charge in [-0.1, -0.05) is 49.6 Å². The first-order valence-corrected chi connectivity index (χ1v) is 8.74. The van der Waals surface area contributed by atoms with Gasteiger partial charge in [-0.25, -0.2) is 4.98 Å². The lowest BCUT2D eigenvalue weighted by Gasteiger charge is -2.23. The molecule has 1 aliphatic carbocycles. The molecular formula is C20H22N4. The summed E-state index contributed by atoms with van der Waals surface area (Å²) in [6.45, 7) is 0. The maximum absolute atomic E-state index is 4.76. The van der Waals surface area contributed by atoms with Crippen molar-refractivity contribution in [2.24, 2.45) is 0 Å². The Morgan fingerprint density at radius 3 is 2.38 bits per heavy atom. The van der Waals surface area contributed by atoms with Crippen LogP contribution in [0, 0.1) is 0 Å². The third-order valence-electron chi connectivity index (χ3n) is 4.58. The second kappa shape index (κ2) is 6.87. The van der Waals surface area contributed by atoms with Crippen LogP contribution in [0.5, 0.6) is 0 Å². The summed E-state index contributed by atoms with van der Waals surface area (Å²) in [5, 5.41) is 8.01. The minimum atomic E-state index is 0.490. The second-order valence-corrected chi connectivity index (χ2v) is 6.38. The van der Waals surface area contributed by atoms with Crippen LogP contribution in [-0.4, -0.2) is 16.0 Å². The number of nitrogens with zero attached hydrogens (tertiary/aromatic N) is 2. The number of anilines is 3. The Labute approximate surface area is 142 Å². The summed E-state index contributed by atoms with van der Waals surface area (Å²) in [7, 11) is 0. The number of nitrogens with one attached hydrogen (secondary N) is 2. The maximum atomic E-state index is 4.76. The van der Waals surface area contributed by atoms with E-state index >= 15 is 0 Å². The summed E-state index contributed by atoms with van der Waals surface area (Å²) in [5.41, 5.74) is 1.99. The van der Waals surface area contributed by atoms with Crippen molar-refractivity contribution in [3.63, 3.8) is 0 Å². The summed E-state index contributed by atoms with van der Waals surface area (Å²) >= 11 is 0. The molecular weight excluding hydrogens is 296 g/mol. The van der Waals surface area contributed by atoms with E-state index in [-0.39, 0.29) is 0 Å². The second-order valence-electron chi connectivity index (χ2n) is 6.38. The molecule has 122 valence electrons. The molecule has 0 radical (unpaired) electrons. The Balaban J connectivity index is 1.67. The zero-order valence-electron chi connectivity index (χ0n) is 13.7.